The fourth-order valence-electron chi connectivity index (χ4n) is 3.75. The van der Waals surface area contributed by atoms with E-state index in [1.807, 2.05) is 67.5 Å². The highest BCUT2D eigenvalue weighted by atomic mass is 16.5. The van der Waals surface area contributed by atoms with E-state index in [-0.39, 0.29) is 11.9 Å². The van der Waals surface area contributed by atoms with Gasteiger partial charge in [0.15, 0.2) is 0 Å². The van der Waals surface area contributed by atoms with Gasteiger partial charge in [-0.15, -0.1) is 0 Å². The van der Waals surface area contributed by atoms with Gasteiger partial charge in [0, 0.05) is 18.3 Å². The maximum atomic E-state index is 13.4. The molecule has 176 valence electrons. The van der Waals surface area contributed by atoms with E-state index in [1.54, 1.807) is 43.5 Å². The predicted molar refractivity (Wildman–Crippen MR) is 130 cm³/mol. The second-order valence-electron chi connectivity index (χ2n) is 7.94. The van der Waals surface area contributed by atoms with Crippen LogP contribution in [0.4, 0.5) is 0 Å². The Morgan fingerprint density at radius 3 is 2.53 bits per heavy atom. The third-order valence-corrected chi connectivity index (χ3v) is 5.59. The number of benzene rings is 2. The van der Waals surface area contributed by atoms with Crippen LogP contribution in [0.5, 0.6) is 11.5 Å². The summed E-state index contributed by atoms with van der Waals surface area (Å²) in [4.78, 5) is 15.4. The Morgan fingerprint density at radius 1 is 1.09 bits per heavy atom. The second-order valence-corrected chi connectivity index (χ2v) is 7.94. The number of nitrogens with one attached hydrogen (secondary N) is 1. The van der Waals surface area contributed by atoms with E-state index >= 15 is 0 Å². The van der Waals surface area contributed by atoms with Crippen molar-refractivity contribution in [3.05, 3.63) is 84.4 Å². The van der Waals surface area contributed by atoms with Crippen molar-refractivity contribution in [1.82, 2.24) is 20.0 Å². The Hall–Kier alpha value is -4.04. The summed E-state index contributed by atoms with van der Waals surface area (Å²) < 4.78 is 18.2. The number of carbonyl (C=O) groups excluding carboxylic acids is 1. The minimum absolute atomic E-state index is 0.113. The number of hydrogen-bond donors (Lipinski definition) is 1. The molecule has 1 amide bonds. The third-order valence-electron chi connectivity index (χ3n) is 5.59. The van der Waals surface area contributed by atoms with Gasteiger partial charge in [-0.1, -0.05) is 18.2 Å². The van der Waals surface area contributed by atoms with E-state index in [1.165, 1.54) is 0 Å². The number of amides is 1. The number of likely N-dealkylation sites (N-methyl/N-ethyl adjacent to an activating group) is 1. The molecule has 0 aliphatic rings. The minimum atomic E-state index is -0.250. The highest BCUT2D eigenvalue weighted by molar-refractivity contribution is 6.00. The average Bonchev–Trinajstić information content (AvgIpc) is 3.55. The number of methoxy groups -OCH3 is 2. The van der Waals surface area contributed by atoms with E-state index in [0.29, 0.717) is 34.9 Å². The monoisotopic (exact) mass is 460 g/mol. The first-order chi connectivity index (χ1) is 16.5. The molecule has 0 aliphatic heterocycles. The van der Waals surface area contributed by atoms with Gasteiger partial charge in [0.1, 0.15) is 23.0 Å². The number of carbonyl (C=O) groups is 1. The fraction of sp³-hybridized carbons (Fsp3) is 0.231. The van der Waals surface area contributed by atoms with Gasteiger partial charge >= 0.3 is 0 Å². The summed E-state index contributed by atoms with van der Waals surface area (Å²) in [6.45, 7) is 0.366. The molecule has 2 aromatic heterocycles. The average molecular weight is 461 g/mol. The lowest BCUT2D eigenvalue weighted by molar-refractivity contribution is 0.0939. The zero-order valence-corrected chi connectivity index (χ0v) is 19.7. The van der Waals surface area contributed by atoms with Crippen LogP contribution in [-0.4, -0.2) is 55.4 Å². The molecule has 1 N–H and O–H groups in total. The van der Waals surface area contributed by atoms with Crippen LogP contribution in [0.3, 0.4) is 0 Å². The number of rotatable bonds is 9. The molecule has 0 radical (unpaired) electrons. The molecule has 2 aromatic carbocycles. The van der Waals surface area contributed by atoms with E-state index < -0.39 is 0 Å². The molecule has 0 saturated carbocycles. The van der Waals surface area contributed by atoms with E-state index in [0.717, 1.165) is 11.4 Å². The van der Waals surface area contributed by atoms with Crippen LogP contribution in [0, 0.1) is 0 Å². The van der Waals surface area contributed by atoms with Gasteiger partial charge in [-0.3, -0.25) is 9.69 Å². The normalized spacial score (nSPS) is 11.9. The van der Waals surface area contributed by atoms with Crippen molar-refractivity contribution in [1.29, 1.82) is 0 Å². The van der Waals surface area contributed by atoms with Gasteiger partial charge in [-0.25, -0.2) is 4.68 Å². The first-order valence-electron chi connectivity index (χ1n) is 10.9. The van der Waals surface area contributed by atoms with E-state index in [2.05, 4.69) is 5.32 Å². The molecule has 4 rings (SSSR count). The number of aromatic nitrogens is 2. The zero-order chi connectivity index (χ0) is 24.1. The van der Waals surface area contributed by atoms with Crippen LogP contribution in [0.1, 0.15) is 22.2 Å². The van der Waals surface area contributed by atoms with Crippen molar-refractivity contribution in [3.63, 3.8) is 0 Å². The summed E-state index contributed by atoms with van der Waals surface area (Å²) >= 11 is 0. The Labute approximate surface area is 198 Å². The molecular formula is C26H28N4O4. The van der Waals surface area contributed by atoms with Crippen LogP contribution in [0.2, 0.25) is 0 Å². The molecule has 1 atom stereocenters. The molecule has 0 saturated heterocycles. The number of nitrogens with zero attached hydrogens (tertiary/aromatic N) is 3. The van der Waals surface area contributed by atoms with Crippen LogP contribution in [-0.2, 0) is 0 Å². The summed E-state index contributed by atoms with van der Waals surface area (Å²) in [5.41, 5.74) is 2.42. The topological polar surface area (TPSA) is 81.8 Å². The number of hydrogen-bond acceptors (Lipinski definition) is 6. The predicted octanol–water partition coefficient (Wildman–Crippen LogP) is 4.18. The van der Waals surface area contributed by atoms with Gasteiger partial charge in [0.2, 0.25) is 0 Å². The lowest BCUT2D eigenvalue weighted by Gasteiger charge is -2.22. The van der Waals surface area contributed by atoms with Crippen LogP contribution in [0.15, 0.2) is 77.5 Å². The molecule has 1 unspecified atom stereocenters. The smallest absolute Gasteiger partial charge is 0.255 e. The molecule has 0 aliphatic carbocycles. The van der Waals surface area contributed by atoms with Gasteiger partial charge in [0.05, 0.1) is 37.8 Å². The lowest BCUT2D eigenvalue weighted by atomic mass is 10.1. The number of ether oxygens (including phenoxy) is 2. The van der Waals surface area contributed by atoms with Gasteiger partial charge in [-0.05, 0) is 56.6 Å². The Balaban J connectivity index is 1.72. The van der Waals surface area contributed by atoms with Crippen LogP contribution >= 0.6 is 0 Å². The Morgan fingerprint density at radius 2 is 1.88 bits per heavy atom. The van der Waals surface area contributed by atoms with Crippen LogP contribution in [0.25, 0.3) is 16.9 Å². The molecule has 34 heavy (non-hydrogen) atoms. The molecule has 0 fully saturated rings. The maximum absolute atomic E-state index is 13.4. The van der Waals surface area contributed by atoms with Crippen molar-refractivity contribution < 1.29 is 18.7 Å². The van der Waals surface area contributed by atoms with Gasteiger partial charge in [-0.2, -0.15) is 5.10 Å². The van der Waals surface area contributed by atoms with Gasteiger partial charge in [0.25, 0.3) is 5.91 Å². The SMILES string of the molecule is COc1ccc(OC)c(-c2nn(-c3ccccc3)cc2C(=O)NCC(c2ccco2)N(C)C)c1. The summed E-state index contributed by atoms with van der Waals surface area (Å²) in [6, 6.07) is 18.7. The molecule has 0 bridgehead atoms. The maximum Gasteiger partial charge on any atom is 0.255 e. The van der Waals surface area contributed by atoms with E-state index in [4.69, 9.17) is 19.0 Å². The summed E-state index contributed by atoms with van der Waals surface area (Å²) in [6.07, 6.45) is 3.36. The van der Waals surface area contributed by atoms with Crippen molar-refractivity contribution in [2.75, 3.05) is 34.9 Å². The van der Waals surface area contributed by atoms with Crippen LogP contribution < -0.4 is 14.8 Å². The number of para-hydroxylation sites is 1. The van der Waals surface area contributed by atoms with Crippen molar-refractivity contribution in [2.45, 2.75) is 6.04 Å². The van der Waals surface area contributed by atoms with Gasteiger partial charge < -0.3 is 19.2 Å². The lowest BCUT2D eigenvalue weighted by Crippen LogP contribution is -2.34. The fourth-order valence-corrected chi connectivity index (χ4v) is 3.75. The zero-order valence-electron chi connectivity index (χ0n) is 19.7. The Bertz CT molecular complexity index is 1230. The molecule has 0 spiro atoms. The Kier molecular flexibility index (Phi) is 6.98. The van der Waals surface area contributed by atoms with Crippen molar-refractivity contribution in [2.24, 2.45) is 0 Å². The molecule has 2 heterocycles. The summed E-state index contributed by atoms with van der Waals surface area (Å²) in [5, 5.41) is 7.80. The first kappa shape index (κ1) is 23.1. The summed E-state index contributed by atoms with van der Waals surface area (Å²) in [5.74, 6) is 1.76. The third kappa shape index (κ3) is 4.82. The molecule has 8 nitrogen and oxygen atoms in total. The molecule has 4 aromatic rings. The van der Waals surface area contributed by atoms with Crippen molar-refractivity contribution in [3.8, 4) is 28.4 Å². The molecular weight excluding hydrogens is 432 g/mol. The highest BCUT2D eigenvalue weighted by Gasteiger charge is 2.24. The van der Waals surface area contributed by atoms with E-state index in [9.17, 15) is 4.79 Å². The largest absolute Gasteiger partial charge is 0.497 e. The quantitative estimate of drug-likeness (QED) is 0.404. The summed E-state index contributed by atoms with van der Waals surface area (Å²) in [7, 11) is 7.07. The second kappa shape index (κ2) is 10.3. The standard InChI is InChI=1S/C26H28N4O4/c1-29(2)22(24-11-8-14-34-24)16-27-26(31)21-17-30(18-9-6-5-7-10-18)28-25(21)20-15-19(32-3)12-13-23(20)33-4/h5-15,17,22H,16H2,1-4H3,(H,27,31). The first-order valence-corrected chi connectivity index (χ1v) is 10.9. The number of furan rings is 1. The van der Waals surface area contributed by atoms with Crippen molar-refractivity contribution >= 4 is 5.91 Å². The highest BCUT2D eigenvalue weighted by Crippen LogP contribution is 2.35. The molecule has 8 heteroatoms. The minimum Gasteiger partial charge on any atom is -0.497 e.